The molecule has 4 rings (SSSR count). The lowest BCUT2D eigenvalue weighted by atomic mass is 9.82. The zero-order chi connectivity index (χ0) is 20.1. The highest BCUT2D eigenvalue weighted by molar-refractivity contribution is 14.1. The van der Waals surface area contributed by atoms with Crippen LogP contribution in [-0.4, -0.2) is 57.8 Å². The molecule has 2 aliphatic heterocycles. The third kappa shape index (κ3) is 2.68. The van der Waals surface area contributed by atoms with Gasteiger partial charge < -0.3 is 20.3 Å². The van der Waals surface area contributed by atoms with Crippen molar-refractivity contribution in [1.29, 1.82) is 0 Å². The van der Waals surface area contributed by atoms with Crippen LogP contribution in [0.1, 0.15) is 17.5 Å². The Morgan fingerprint density at radius 2 is 2.18 bits per heavy atom. The van der Waals surface area contributed by atoms with Gasteiger partial charge in [0.2, 0.25) is 5.88 Å². The fourth-order valence-electron chi connectivity index (χ4n) is 4.21. The van der Waals surface area contributed by atoms with Crippen molar-refractivity contribution in [2.24, 2.45) is 0 Å². The molecule has 0 spiro atoms. The molecule has 146 valence electrons. The van der Waals surface area contributed by atoms with Gasteiger partial charge in [0.25, 0.3) is 5.91 Å². The first-order chi connectivity index (χ1) is 13.4. The molecular weight excluding hydrogens is 477 g/mol. The van der Waals surface area contributed by atoms with Gasteiger partial charge in [0, 0.05) is 39.5 Å². The average molecular weight is 495 g/mol. The minimum atomic E-state index is -1.48. The van der Waals surface area contributed by atoms with Crippen LogP contribution in [0.2, 0.25) is 0 Å². The van der Waals surface area contributed by atoms with Crippen LogP contribution in [0, 0.1) is 3.57 Å². The van der Waals surface area contributed by atoms with Crippen molar-refractivity contribution in [1.82, 2.24) is 9.88 Å². The van der Waals surface area contributed by atoms with Gasteiger partial charge in [-0.05, 0) is 52.9 Å². The molecule has 1 amide bonds. The van der Waals surface area contributed by atoms with Crippen LogP contribution in [-0.2, 0) is 15.1 Å². The van der Waals surface area contributed by atoms with Crippen molar-refractivity contribution in [2.45, 2.75) is 24.1 Å². The van der Waals surface area contributed by atoms with Crippen LogP contribution in [0.5, 0.6) is 5.88 Å². The second-order valence-corrected chi connectivity index (χ2v) is 8.06. The van der Waals surface area contributed by atoms with E-state index in [0.29, 0.717) is 16.8 Å². The number of rotatable bonds is 4. The van der Waals surface area contributed by atoms with E-state index in [2.05, 4.69) is 32.9 Å². The molecule has 1 aromatic carbocycles. The van der Waals surface area contributed by atoms with Crippen molar-refractivity contribution in [3.05, 3.63) is 51.2 Å². The number of carboxylic acid groups (broad SMARTS) is 1. The standard InChI is InChI=1S/C19H18IN3O5/c1-28-16-12(3-2-6-21-16)19(23-9-11(24)8-15(23)17(25)26)13-7-10(20)4-5-14(13)22-18(19)27/h2-7,11,15,24H,8-9H2,1H3,(H,22,27)(H,25,26)/t11-,15+,19?/m1/s1. The van der Waals surface area contributed by atoms with Crippen LogP contribution >= 0.6 is 22.6 Å². The van der Waals surface area contributed by atoms with Crippen molar-refractivity contribution in [2.75, 3.05) is 19.0 Å². The van der Waals surface area contributed by atoms with E-state index in [1.54, 1.807) is 29.3 Å². The number of pyridine rings is 1. The van der Waals surface area contributed by atoms with Gasteiger partial charge in [-0.3, -0.25) is 14.5 Å². The summed E-state index contributed by atoms with van der Waals surface area (Å²) in [6.45, 7) is 0.0351. The Labute approximate surface area is 174 Å². The number of aromatic nitrogens is 1. The highest BCUT2D eigenvalue weighted by atomic mass is 127. The Morgan fingerprint density at radius 3 is 2.89 bits per heavy atom. The molecule has 0 radical (unpaired) electrons. The Bertz CT molecular complexity index is 968. The van der Waals surface area contributed by atoms with Gasteiger partial charge in [0.1, 0.15) is 6.04 Å². The van der Waals surface area contributed by atoms with Crippen LogP contribution in [0.25, 0.3) is 0 Å². The third-order valence-corrected chi connectivity index (χ3v) is 5.97. The van der Waals surface area contributed by atoms with Crippen molar-refractivity contribution >= 4 is 40.2 Å². The number of amides is 1. The first kappa shape index (κ1) is 19.1. The Hall–Kier alpha value is -2.24. The average Bonchev–Trinajstić information content (AvgIpc) is 3.19. The Kier molecular flexibility index (Phi) is 4.76. The number of aliphatic carboxylic acids is 1. The SMILES string of the molecule is COc1ncccc1C1(N2C[C@H](O)C[C@H]2C(=O)O)C(=O)Nc2ccc(I)cc21. The van der Waals surface area contributed by atoms with Crippen molar-refractivity contribution < 1.29 is 24.5 Å². The number of β-amino-alcohol motifs (C(OH)–C–C–N with tert-alkyl or cyclic N) is 1. The number of nitrogens with zero attached hydrogens (tertiary/aromatic N) is 2. The fraction of sp³-hybridized carbons (Fsp3) is 0.316. The van der Waals surface area contributed by atoms with Crippen LogP contribution in [0.15, 0.2) is 36.5 Å². The van der Waals surface area contributed by atoms with E-state index in [1.807, 2.05) is 12.1 Å². The Morgan fingerprint density at radius 1 is 1.39 bits per heavy atom. The van der Waals surface area contributed by atoms with Crippen LogP contribution in [0.3, 0.4) is 0 Å². The van der Waals surface area contributed by atoms with Crippen LogP contribution in [0.4, 0.5) is 5.69 Å². The van der Waals surface area contributed by atoms with Crippen LogP contribution < -0.4 is 10.1 Å². The number of hydrogen-bond donors (Lipinski definition) is 3. The molecule has 1 aromatic heterocycles. The first-order valence-electron chi connectivity index (χ1n) is 8.68. The lowest BCUT2D eigenvalue weighted by Gasteiger charge is -2.40. The molecular formula is C19H18IN3O5. The van der Waals surface area contributed by atoms with Crippen molar-refractivity contribution in [3.8, 4) is 5.88 Å². The smallest absolute Gasteiger partial charge is 0.321 e. The number of halogens is 1. The maximum absolute atomic E-state index is 13.5. The maximum atomic E-state index is 13.5. The molecule has 9 heteroatoms. The zero-order valence-electron chi connectivity index (χ0n) is 14.9. The quantitative estimate of drug-likeness (QED) is 0.551. The number of carbonyl (C=O) groups excluding carboxylic acids is 1. The maximum Gasteiger partial charge on any atom is 0.321 e. The first-order valence-corrected chi connectivity index (χ1v) is 9.76. The van der Waals surface area contributed by atoms with Gasteiger partial charge in [0.05, 0.1) is 13.2 Å². The van der Waals surface area contributed by atoms with Gasteiger partial charge >= 0.3 is 5.97 Å². The summed E-state index contributed by atoms with van der Waals surface area (Å²) in [6.07, 6.45) is 0.721. The summed E-state index contributed by atoms with van der Waals surface area (Å²) < 4.78 is 6.32. The predicted molar refractivity (Wildman–Crippen MR) is 108 cm³/mol. The second-order valence-electron chi connectivity index (χ2n) is 6.81. The molecule has 2 aliphatic rings. The lowest BCUT2D eigenvalue weighted by Crippen LogP contribution is -2.56. The fourth-order valence-corrected chi connectivity index (χ4v) is 4.71. The molecule has 0 bridgehead atoms. The third-order valence-electron chi connectivity index (χ3n) is 5.30. The predicted octanol–water partition coefficient (Wildman–Crippen LogP) is 1.41. The van der Waals surface area contributed by atoms with E-state index in [0.717, 1.165) is 3.57 Å². The number of fused-ring (bicyclic) bond motifs is 1. The number of ether oxygens (including phenoxy) is 1. The molecule has 1 saturated heterocycles. The van der Waals surface area contributed by atoms with Gasteiger partial charge in [-0.15, -0.1) is 0 Å². The van der Waals surface area contributed by atoms with E-state index >= 15 is 0 Å². The Balaban J connectivity index is 2.05. The number of carboxylic acids is 1. The molecule has 0 aliphatic carbocycles. The summed E-state index contributed by atoms with van der Waals surface area (Å²) in [5.41, 5.74) is 0.186. The van der Waals surface area contributed by atoms with Crippen molar-refractivity contribution in [3.63, 3.8) is 0 Å². The van der Waals surface area contributed by atoms with E-state index in [4.69, 9.17) is 4.74 Å². The number of carbonyl (C=O) groups is 2. The summed E-state index contributed by atoms with van der Waals surface area (Å²) in [5.74, 6) is -1.25. The van der Waals surface area contributed by atoms with Gasteiger partial charge in [-0.1, -0.05) is 0 Å². The number of nitrogens with one attached hydrogen (secondary N) is 1. The number of aliphatic hydroxyl groups excluding tert-OH is 1. The number of aliphatic hydroxyl groups is 1. The zero-order valence-corrected chi connectivity index (χ0v) is 17.1. The van der Waals surface area contributed by atoms with E-state index < -0.39 is 29.6 Å². The summed E-state index contributed by atoms with van der Waals surface area (Å²) >= 11 is 2.15. The van der Waals surface area contributed by atoms with Gasteiger partial charge in [0.15, 0.2) is 5.54 Å². The number of methoxy groups -OCH3 is 1. The molecule has 3 heterocycles. The van der Waals surface area contributed by atoms with E-state index in [-0.39, 0.29) is 18.8 Å². The largest absolute Gasteiger partial charge is 0.481 e. The van der Waals surface area contributed by atoms with E-state index in [9.17, 15) is 19.8 Å². The number of likely N-dealkylation sites (tertiary alicyclic amines) is 1. The molecule has 3 atom stereocenters. The normalized spacial score (nSPS) is 26.8. The van der Waals surface area contributed by atoms with Gasteiger partial charge in [-0.2, -0.15) is 0 Å². The molecule has 0 saturated carbocycles. The molecule has 1 unspecified atom stereocenters. The number of anilines is 1. The topological polar surface area (TPSA) is 112 Å². The summed E-state index contributed by atoms with van der Waals surface area (Å²) in [4.78, 5) is 31.3. The monoisotopic (exact) mass is 495 g/mol. The number of hydrogen-bond acceptors (Lipinski definition) is 6. The molecule has 8 nitrogen and oxygen atoms in total. The lowest BCUT2D eigenvalue weighted by molar-refractivity contribution is -0.145. The van der Waals surface area contributed by atoms with Gasteiger partial charge in [-0.25, -0.2) is 4.98 Å². The highest BCUT2D eigenvalue weighted by Crippen LogP contribution is 2.50. The minimum Gasteiger partial charge on any atom is -0.481 e. The summed E-state index contributed by atoms with van der Waals surface area (Å²) in [6, 6.07) is 7.87. The molecule has 28 heavy (non-hydrogen) atoms. The molecule has 2 aromatic rings. The van der Waals surface area contributed by atoms with E-state index in [1.165, 1.54) is 7.11 Å². The highest BCUT2D eigenvalue weighted by Gasteiger charge is 2.59. The number of benzene rings is 1. The second kappa shape index (κ2) is 6.98. The summed E-state index contributed by atoms with van der Waals surface area (Å²) in [7, 11) is 1.45. The summed E-state index contributed by atoms with van der Waals surface area (Å²) in [5, 5.41) is 23.0. The molecule has 3 N–H and O–H groups in total. The molecule has 1 fully saturated rings. The minimum absolute atomic E-state index is 0.0339.